The number of carbonyl (C=O) groups excluding carboxylic acids is 1. The van der Waals surface area contributed by atoms with Crippen LogP contribution < -0.4 is 0 Å². The molecule has 3 nitrogen and oxygen atoms in total. The van der Waals surface area contributed by atoms with Crippen molar-refractivity contribution in [1.82, 2.24) is 4.98 Å². The third-order valence-corrected chi connectivity index (χ3v) is 1.99. The Morgan fingerprint density at radius 1 is 1.67 bits per heavy atom. The number of fused-ring (bicyclic) bond motifs is 1. The normalized spacial score (nSPS) is 21.4. The lowest BCUT2D eigenvalue weighted by Crippen LogP contribution is -2.21. The van der Waals surface area contributed by atoms with E-state index >= 15 is 0 Å². The molecule has 0 spiro atoms. The van der Waals surface area contributed by atoms with Gasteiger partial charge in [-0.25, -0.2) is 4.79 Å². The van der Waals surface area contributed by atoms with Gasteiger partial charge in [0.2, 0.25) is 0 Å². The lowest BCUT2D eigenvalue weighted by molar-refractivity contribution is 0.0444. The fourth-order valence-corrected chi connectivity index (χ4v) is 1.34. The summed E-state index contributed by atoms with van der Waals surface area (Å²) in [5.41, 5.74) is 1.46. The zero-order valence-electron chi connectivity index (χ0n) is 6.78. The Labute approximate surface area is 70.4 Å². The quantitative estimate of drug-likeness (QED) is 0.542. The van der Waals surface area contributed by atoms with Crippen molar-refractivity contribution in [2.75, 3.05) is 6.61 Å². The maximum Gasteiger partial charge on any atom is 0.340 e. The molecule has 0 fully saturated rings. The number of pyridine rings is 1. The summed E-state index contributed by atoms with van der Waals surface area (Å²) in [5.74, 6) is -0.0323. The van der Waals surface area contributed by atoms with E-state index in [9.17, 15) is 4.79 Å². The molecule has 1 aliphatic heterocycles. The molecule has 0 saturated carbocycles. The lowest BCUT2D eigenvalue weighted by Gasteiger charge is -2.19. The van der Waals surface area contributed by atoms with Gasteiger partial charge in [-0.2, -0.15) is 0 Å². The van der Waals surface area contributed by atoms with Crippen LogP contribution in [-0.2, 0) is 4.74 Å². The van der Waals surface area contributed by atoms with E-state index in [0.717, 1.165) is 5.69 Å². The number of aromatic nitrogens is 1. The van der Waals surface area contributed by atoms with E-state index in [1.54, 1.807) is 18.3 Å². The van der Waals surface area contributed by atoms with Crippen LogP contribution in [0.4, 0.5) is 0 Å². The number of carbonyl (C=O) groups is 1. The summed E-state index contributed by atoms with van der Waals surface area (Å²) in [5, 5.41) is 0. The summed E-state index contributed by atoms with van der Waals surface area (Å²) in [6, 6.07) is 3.50. The van der Waals surface area contributed by atoms with E-state index in [0.29, 0.717) is 12.2 Å². The first-order chi connectivity index (χ1) is 5.79. The summed E-state index contributed by atoms with van der Waals surface area (Å²) < 4.78 is 4.94. The summed E-state index contributed by atoms with van der Waals surface area (Å²) in [6.07, 6.45) is 1.70. The average molecular weight is 163 g/mol. The van der Waals surface area contributed by atoms with Gasteiger partial charge in [0.15, 0.2) is 0 Å². The summed E-state index contributed by atoms with van der Waals surface area (Å²) in [4.78, 5) is 15.3. The first-order valence-corrected chi connectivity index (χ1v) is 3.91. The molecular formula is C9H9NO2. The van der Waals surface area contributed by atoms with Crippen LogP contribution in [0.1, 0.15) is 28.9 Å². The van der Waals surface area contributed by atoms with Gasteiger partial charge >= 0.3 is 5.97 Å². The molecule has 0 bridgehead atoms. The maximum atomic E-state index is 11.2. The highest BCUT2D eigenvalue weighted by Gasteiger charge is 2.24. The molecule has 0 radical (unpaired) electrons. The van der Waals surface area contributed by atoms with Crippen LogP contribution in [0.15, 0.2) is 18.3 Å². The molecule has 0 saturated heterocycles. The standard InChI is InChI=1S/C9H9NO2/c1-6-5-12-9(11)7-3-2-4-10-8(6)7/h2-4,6H,5H2,1H3. The van der Waals surface area contributed by atoms with Gasteiger partial charge in [0.05, 0.1) is 17.9 Å². The number of ether oxygens (including phenoxy) is 1. The van der Waals surface area contributed by atoms with Gasteiger partial charge in [-0.1, -0.05) is 6.92 Å². The number of hydrogen-bond acceptors (Lipinski definition) is 3. The minimum Gasteiger partial charge on any atom is -0.461 e. The molecule has 12 heavy (non-hydrogen) atoms. The molecule has 62 valence electrons. The molecule has 1 aromatic rings. The van der Waals surface area contributed by atoms with Crippen molar-refractivity contribution in [2.45, 2.75) is 12.8 Å². The molecule has 1 aliphatic rings. The highest BCUT2D eigenvalue weighted by molar-refractivity contribution is 5.91. The van der Waals surface area contributed by atoms with Crippen LogP contribution in [0.25, 0.3) is 0 Å². The minimum absolute atomic E-state index is 0.221. The minimum atomic E-state index is -0.254. The Hall–Kier alpha value is -1.38. The van der Waals surface area contributed by atoms with Crippen LogP contribution in [-0.4, -0.2) is 17.6 Å². The topological polar surface area (TPSA) is 39.2 Å². The highest BCUT2D eigenvalue weighted by atomic mass is 16.5. The monoisotopic (exact) mass is 163 g/mol. The molecule has 1 atom stereocenters. The van der Waals surface area contributed by atoms with E-state index in [-0.39, 0.29) is 11.9 Å². The first kappa shape index (κ1) is 7.28. The zero-order chi connectivity index (χ0) is 8.55. The number of esters is 1. The SMILES string of the molecule is CC1COC(=O)c2cccnc21. The van der Waals surface area contributed by atoms with Gasteiger partial charge in [-0.15, -0.1) is 0 Å². The predicted molar refractivity (Wildman–Crippen MR) is 42.9 cm³/mol. The number of hydrogen-bond donors (Lipinski definition) is 0. The van der Waals surface area contributed by atoms with Crippen LogP contribution in [0.5, 0.6) is 0 Å². The van der Waals surface area contributed by atoms with Crippen molar-refractivity contribution in [1.29, 1.82) is 0 Å². The van der Waals surface area contributed by atoms with Gasteiger partial charge in [-0.05, 0) is 12.1 Å². The van der Waals surface area contributed by atoms with E-state index in [1.807, 2.05) is 6.92 Å². The Bertz CT molecular complexity index is 322. The molecule has 3 heteroatoms. The van der Waals surface area contributed by atoms with E-state index < -0.39 is 0 Å². The Morgan fingerprint density at radius 3 is 3.25 bits per heavy atom. The predicted octanol–water partition coefficient (Wildman–Crippen LogP) is 1.36. The third-order valence-electron chi connectivity index (χ3n) is 1.99. The largest absolute Gasteiger partial charge is 0.461 e. The van der Waals surface area contributed by atoms with Crippen molar-refractivity contribution in [3.63, 3.8) is 0 Å². The molecule has 2 heterocycles. The van der Waals surface area contributed by atoms with Crippen LogP contribution >= 0.6 is 0 Å². The van der Waals surface area contributed by atoms with Crippen LogP contribution in [0, 0.1) is 0 Å². The second kappa shape index (κ2) is 2.59. The molecule has 1 aromatic heterocycles. The maximum absolute atomic E-state index is 11.2. The van der Waals surface area contributed by atoms with Gasteiger partial charge in [0.1, 0.15) is 0 Å². The molecule has 0 aromatic carbocycles. The summed E-state index contributed by atoms with van der Waals surface area (Å²) >= 11 is 0. The van der Waals surface area contributed by atoms with E-state index in [4.69, 9.17) is 4.74 Å². The average Bonchev–Trinajstić information content (AvgIpc) is 2.12. The first-order valence-electron chi connectivity index (χ1n) is 3.91. The molecule has 0 amide bonds. The number of nitrogens with zero attached hydrogens (tertiary/aromatic N) is 1. The van der Waals surface area contributed by atoms with Crippen molar-refractivity contribution in [3.8, 4) is 0 Å². The third kappa shape index (κ3) is 0.978. The van der Waals surface area contributed by atoms with Crippen molar-refractivity contribution in [3.05, 3.63) is 29.6 Å². The second-order valence-corrected chi connectivity index (χ2v) is 2.94. The van der Waals surface area contributed by atoms with Crippen LogP contribution in [0.2, 0.25) is 0 Å². The fourth-order valence-electron chi connectivity index (χ4n) is 1.34. The van der Waals surface area contributed by atoms with Crippen molar-refractivity contribution in [2.24, 2.45) is 0 Å². The van der Waals surface area contributed by atoms with Crippen LogP contribution in [0.3, 0.4) is 0 Å². The van der Waals surface area contributed by atoms with E-state index in [2.05, 4.69) is 4.98 Å². The summed E-state index contributed by atoms with van der Waals surface area (Å²) in [6.45, 7) is 2.45. The molecular weight excluding hydrogens is 154 g/mol. The highest BCUT2D eigenvalue weighted by Crippen LogP contribution is 2.23. The van der Waals surface area contributed by atoms with E-state index in [1.165, 1.54) is 0 Å². The van der Waals surface area contributed by atoms with Gasteiger partial charge < -0.3 is 4.74 Å². The van der Waals surface area contributed by atoms with Gasteiger partial charge in [0.25, 0.3) is 0 Å². The molecule has 0 N–H and O–H groups in total. The fraction of sp³-hybridized carbons (Fsp3) is 0.333. The second-order valence-electron chi connectivity index (χ2n) is 2.94. The molecule has 2 rings (SSSR count). The lowest BCUT2D eigenvalue weighted by atomic mass is 10.0. The Kier molecular flexibility index (Phi) is 1.57. The van der Waals surface area contributed by atoms with Gasteiger partial charge in [-0.3, -0.25) is 4.98 Å². The number of cyclic esters (lactones) is 1. The van der Waals surface area contributed by atoms with Gasteiger partial charge in [0, 0.05) is 12.1 Å². The molecule has 1 unspecified atom stereocenters. The smallest absolute Gasteiger partial charge is 0.340 e. The Morgan fingerprint density at radius 2 is 2.50 bits per heavy atom. The van der Waals surface area contributed by atoms with Crippen molar-refractivity contribution < 1.29 is 9.53 Å². The zero-order valence-corrected chi connectivity index (χ0v) is 6.78. The summed E-state index contributed by atoms with van der Waals surface area (Å²) in [7, 11) is 0. The van der Waals surface area contributed by atoms with Crippen molar-refractivity contribution >= 4 is 5.97 Å². The Balaban J connectivity index is 2.55. The molecule has 0 aliphatic carbocycles. The number of rotatable bonds is 0.